The van der Waals surface area contributed by atoms with Crippen molar-refractivity contribution in [3.63, 3.8) is 0 Å². The molecule has 3 N–H and O–H groups in total. The number of aryl methyl sites for hydroxylation is 1. The molecule has 1 heterocycles. The number of benzene rings is 3. The van der Waals surface area contributed by atoms with E-state index in [2.05, 4.69) is 15.7 Å². The van der Waals surface area contributed by atoms with E-state index in [1.54, 1.807) is 42.5 Å². The van der Waals surface area contributed by atoms with Crippen LogP contribution in [0.2, 0.25) is 10.0 Å². The Bertz CT molecular complexity index is 1490. The van der Waals surface area contributed by atoms with Crippen molar-refractivity contribution in [1.29, 1.82) is 0 Å². The van der Waals surface area contributed by atoms with E-state index in [0.717, 1.165) is 29.7 Å². The van der Waals surface area contributed by atoms with E-state index in [-0.39, 0.29) is 30.2 Å². The third-order valence-corrected chi connectivity index (χ3v) is 6.94. The van der Waals surface area contributed by atoms with Crippen LogP contribution in [0.4, 0.5) is 10.5 Å². The van der Waals surface area contributed by atoms with Crippen molar-refractivity contribution < 1.29 is 14.7 Å². The summed E-state index contributed by atoms with van der Waals surface area (Å²) < 4.78 is 1.35. The number of anilines is 1. The zero-order valence-electron chi connectivity index (χ0n) is 20.0. The van der Waals surface area contributed by atoms with E-state index in [9.17, 15) is 14.7 Å². The summed E-state index contributed by atoms with van der Waals surface area (Å²) in [5, 5.41) is 21.7. The van der Waals surface area contributed by atoms with Gasteiger partial charge in [0.25, 0.3) is 5.91 Å². The maximum Gasteiger partial charge on any atom is 0.342 e. The number of carbonyl (C=O) groups excluding carboxylic acids is 2. The van der Waals surface area contributed by atoms with Crippen molar-refractivity contribution in [1.82, 2.24) is 15.1 Å². The number of hydrogen-bond donors (Lipinski definition) is 3. The van der Waals surface area contributed by atoms with Crippen LogP contribution in [-0.2, 0) is 6.54 Å². The zero-order valence-corrected chi connectivity index (χ0v) is 21.5. The van der Waals surface area contributed by atoms with Crippen LogP contribution in [0.15, 0.2) is 66.7 Å². The third kappa shape index (κ3) is 5.63. The number of rotatable bonds is 6. The summed E-state index contributed by atoms with van der Waals surface area (Å²) in [7, 11) is 0. The molecule has 0 saturated heterocycles. The largest absolute Gasteiger partial charge is 0.507 e. The molecular formula is C28H24Cl2N4O3. The SMILES string of the molecule is Cc1ccc(C(=O)Nc2ccc(O)c(-c3cc(C4CC4)n(C(=O)NCc4ccc(Cl)c(Cl)c4)n3)c2)cc1. The number of nitrogens with zero attached hydrogens (tertiary/aromatic N) is 2. The van der Waals surface area contributed by atoms with Gasteiger partial charge in [-0.25, -0.2) is 4.79 Å². The first-order valence-corrected chi connectivity index (χ1v) is 12.6. The number of hydrogen-bond acceptors (Lipinski definition) is 4. The Morgan fingerprint density at radius 1 is 1.00 bits per heavy atom. The smallest absolute Gasteiger partial charge is 0.342 e. The number of carbonyl (C=O) groups is 2. The quantitative estimate of drug-likeness (QED) is 0.238. The highest BCUT2D eigenvalue weighted by atomic mass is 35.5. The Balaban J connectivity index is 1.37. The van der Waals surface area contributed by atoms with Crippen LogP contribution in [-0.4, -0.2) is 26.8 Å². The number of phenols is 1. The second-order valence-electron chi connectivity index (χ2n) is 9.10. The standard InChI is InChI=1S/C28H24Cl2N4O3/c1-16-2-5-19(6-3-16)27(36)32-20-9-11-26(35)21(13-20)24-14-25(18-7-8-18)34(33-24)28(37)31-15-17-4-10-22(29)23(30)12-17/h2-6,9-14,18,35H,7-8,15H2,1H3,(H,31,37)(H,32,36). The molecule has 2 amide bonds. The van der Waals surface area contributed by atoms with E-state index >= 15 is 0 Å². The number of aromatic nitrogens is 2. The van der Waals surface area contributed by atoms with E-state index in [0.29, 0.717) is 32.6 Å². The van der Waals surface area contributed by atoms with Crippen LogP contribution in [0.3, 0.4) is 0 Å². The van der Waals surface area contributed by atoms with Crippen molar-refractivity contribution in [2.24, 2.45) is 0 Å². The fourth-order valence-electron chi connectivity index (χ4n) is 3.99. The highest BCUT2D eigenvalue weighted by Crippen LogP contribution is 2.42. The van der Waals surface area contributed by atoms with Crippen LogP contribution >= 0.6 is 23.2 Å². The Kier molecular flexibility index (Phi) is 6.91. The first-order valence-electron chi connectivity index (χ1n) is 11.8. The van der Waals surface area contributed by atoms with Crippen molar-refractivity contribution in [2.75, 3.05) is 5.32 Å². The molecule has 1 aromatic heterocycles. The number of nitrogens with one attached hydrogen (secondary N) is 2. The molecular weight excluding hydrogens is 511 g/mol. The molecule has 0 radical (unpaired) electrons. The van der Waals surface area contributed by atoms with Crippen LogP contribution in [0, 0.1) is 6.92 Å². The van der Waals surface area contributed by atoms with E-state index in [1.165, 1.54) is 10.7 Å². The van der Waals surface area contributed by atoms with Gasteiger partial charge in [-0.2, -0.15) is 9.78 Å². The highest BCUT2D eigenvalue weighted by molar-refractivity contribution is 6.42. The number of halogens is 2. The highest BCUT2D eigenvalue weighted by Gasteiger charge is 2.31. The molecule has 0 spiro atoms. The minimum absolute atomic E-state index is 0.00320. The summed E-state index contributed by atoms with van der Waals surface area (Å²) in [6.07, 6.45) is 1.92. The average Bonchev–Trinajstić information content (AvgIpc) is 3.64. The van der Waals surface area contributed by atoms with E-state index < -0.39 is 0 Å². The van der Waals surface area contributed by atoms with Gasteiger partial charge >= 0.3 is 6.03 Å². The van der Waals surface area contributed by atoms with Gasteiger partial charge in [0.2, 0.25) is 0 Å². The van der Waals surface area contributed by atoms with Gasteiger partial charge in [0.05, 0.1) is 21.4 Å². The Morgan fingerprint density at radius 3 is 2.46 bits per heavy atom. The summed E-state index contributed by atoms with van der Waals surface area (Å²) in [5.41, 5.74) is 4.53. The number of amides is 2. The van der Waals surface area contributed by atoms with Crippen LogP contribution in [0.1, 0.15) is 45.9 Å². The second kappa shape index (κ2) is 10.3. The van der Waals surface area contributed by atoms with E-state index in [1.807, 2.05) is 25.1 Å². The van der Waals surface area contributed by atoms with Gasteiger partial charge in [0.1, 0.15) is 5.75 Å². The van der Waals surface area contributed by atoms with Crippen molar-refractivity contribution in [2.45, 2.75) is 32.2 Å². The molecule has 1 saturated carbocycles. The molecule has 1 aliphatic rings. The van der Waals surface area contributed by atoms with Crippen molar-refractivity contribution >= 4 is 40.8 Å². The monoisotopic (exact) mass is 534 g/mol. The maximum absolute atomic E-state index is 13.1. The molecule has 4 aromatic rings. The Morgan fingerprint density at radius 2 is 1.76 bits per heavy atom. The van der Waals surface area contributed by atoms with Crippen molar-refractivity contribution in [3.05, 3.63) is 99.2 Å². The van der Waals surface area contributed by atoms with Gasteiger partial charge in [-0.1, -0.05) is 47.0 Å². The van der Waals surface area contributed by atoms with Crippen LogP contribution < -0.4 is 10.6 Å². The predicted molar refractivity (Wildman–Crippen MR) is 145 cm³/mol. The molecule has 0 atom stereocenters. The fraction of sp³-hybridized carbons (Fsp3) is 0.179. The number of phenolic OH excluding ortho intramolecular Hbond substituents is 1. The summed E-state index contributed by atoms with van der Waals surface area (Å²) in [6.45, 7) is 2.21. The molecule has 7 nitrogen and oxygen atoms in total. The molecule has 188 valence electrons. The average molecular weight is 535 g/mol. The third-order valence-electron chi connectivity index (χ3n) is 6.20. The fourth-order valence-corrected chi connectivity index (χ4v) is 4.31. The Hall–Kier alpha value is -3.81. The Labute approximate surface area is 224 Å². The molecule has 9 heteroatoms. The predicted octanol–water partition coefficient (Wildman–Crippen LogP) is 6.76. The molecule has 1 aliphatic carbocycles. The molecule has 3 aromatic carbocycles. The zero-order chi connectivity index (χ0) is 26.1. The van der Waals surface area contributed by atoms with Gasteiger partial charge in [-0.05, 0) is 73.9 Å². The van der Waals surface area contributed by atoms with Gasteiger partial charge in [0, 0.05) is 29.3 Å². The lowest BCUT2D eigenvalue weighted by Gasteiger charge is -2.09. The first-order chi connectivity index (χ1) is 17.8. The molecule has 5 rings (SSSR count). The van der Waals surface area contributed by atoms with Crippen LogP contribution in [0.25, 0.3) is 11.3 Å². The summed E-state index contributed by atoms with van der Waals surface area (Å²) in [4.78, 5) is 25.7. The molecule has 1 fully saturated rings. The van der Waals surface area contributed by atoms with Crippen molar-refractivity contribution in [3.8, 4) is 17.0 Å². The lowest BCUT2D eigenvalue weighted by atomic mass is 10.1. The normalized spacial score (nSPS) is 12.8. The summed E-state index contributed by atoms with van der Waals surface area (Å²) in [6, 6.07) is 18.6. The molecule has 0 aliphatic heterocycles. The topological polar surface area (TPSA) is 96.2 Å². The first kappa shape index (κ1) is 24.9. The minimum atomic E-state index is -0.387. The lowest BCUT2D eigenvalue weighted by Crippen LogP contribution is -2.30. The van der Waals surface area contributed by atoms with Crippen LogP contribution in [0.5, 0.6) is 5.75 Å². The summed E-state index contributed by atoms with van der Waals surface area (Å²) >= 11 is 12.1. The van der Waals surface area contributed by atoms with Gasteiger partial charge in [-0.15, -0.1) is 0 Å². The van der Waals surface area contributed by atoms with Gasteiger partial charge in [-0.3, -0.25) is 4.79 Å². The summed E-state index contributed by atoms with van der Waals surface area (Å²) in [5.74, 6) is -0.0393. The number of aromatic hydroxyl groups is 1. The van der Waals surface area contributed by atoms with E-state index in [4.69, 9.17) is 23.2 Å². The minimum Gasteiger partial charge on any atom is -0.507 e. The lowest BCUT2D eigenvalue weighted by molar-refractivity contribution is 0.102. The molecule has 0 unspecified atom stereocenters. The van der Waals surface area contributed by atoms with Gasteiger partial charge < -0.3 is 15.7 Å². The molecule has 37 heavy (non-hydrogen) atoms. The second-order valence-corrected chi connectivity index (χ2v) is 9.91. The maximum atomic E-state index is 13.1. The molecule has 0 bridgehead atoms. The van der Waals surface area contributed by atoms with Gasteiger partial charge in [0.15, 0.2) is 0 Å².